The topological polar surface area (TPSA) is 73.9 Å². The van der Waals surface area contributed by atoms with E-state index in [1.165, 1.54) is 0 Å². The Hall–Kier alpha value is -1.30. The van der Waals surface area contributed by atoms with Gasteiger partial charge in [-0.2, -0.15) is 0 Å². The Balaban J connectivity index is 2.32. The number of halogens is 2. The molecule has 1 aromatic rings. The summed E-state index contributed by atoms with van der Waals surface area (Å²) < 4.78 is 5.40. The summed E-state index contributed by atoms with van der Waals surface area (Å²) in [5.74, 6) is -0.669. The van der Waals surface area contributed by atoms with E-state index in [9.17, 15) is 4.79 Å². The molecule has 0 unspecified atom stereocenters. The highest BCUT2D eigenvalue weighted by Gasteiger charge is 2.39. The predicted molar refractivity (Wildman–Crippen MR) is 81.6 cm³/mol. The Morgan fingerprint density at radius 3 is 2.52 bits per heavy atom. The molecule has 0 spiro atoms. The summed E-state index contributed by atoms with van der Waals surface area (Å²) >= 11 is 11.3. The Kier molecular flexibility index (Phi) is 5.45. The summed E-state index contributed by atoms with van der Waals surface area (Å²) in [5, 5.41) is 4.41. The highest BCUT2D eigenvalue weighted by molar-refractivity contribution is 6.30. The second-order valence-electron chi connectivity index (χ2n) is 4.77. The number of nitrogens with two attached hydrogens (primary N) is 1. The fourth-order valence-electron chi connectivity index (χ4n) is 2.39. The minimum absolute atomic E-state index is 0.242. The highest BCUT2D eigenvalue weighted by atomic mass is 35.5. The van der Waals surface area contributed by atoms with Crippen molar-refractivity contribution in [2.75, 3.05) is 19.1 Å². The molecule has 114 valence electrons. The van der Waals surface area contributed by atoms with Crippen LogP contribution in [-0.2, 0) is 19.8 Å². The first-order valence-corrected chi connectivity index (χ1v) is 7.43. The van der Waals surface area contributed by atoms with E-state index in [4.69, 9.17) is 38.5 Å². The standard InChI is InChI=1S/C14H16Cl2N2O3/c15-9-12(19)21-18-13(17)14(5-7-20-8-6-14)10-1-3-11(16)4-2-10/h1-4H,5-9H2,(H2,17,18). The van der Waals surface area contributed by atoms with Gasteiger partial charge in [-0.1, -0.05) is 28.9 Å². The molecule has 1 fully saturated rings. The molecule has 1 saturated heterocycles. The lowest BCUT2D eigenvalue weighted by Crippen LogP contribution is -2.46. The van der Waals surface area contributed by atoms with Crippen LogP contribution in [0.1, 0.15) is 18.4 Å². The smallest absolute Gasteiger partial charge is 0.349 e. The average Bonchev–Trinajstić information content (AvgIpc) is 2.53. The Labute approximate surface area is 133 Å². The predicted octanol–water partition coefficient (Wildman–Crippen LogP) is 2.44. The molecule has 0 atom stereocenters. The van der Waals surface area contributed by atoms with E-state index in [0.717, 1.165) is 5.56 Å². The van der Waals surface area contributed by atoms with E-state index < -0.39 is 11.4 Å². The normalized spacial score (nSPS) is 18.3. The zero-order chi connectivity index (χ0) is 15.3. The molecule has 2 rings (SSSR count). The molecule has 2 N–H and O–H groups in total. The lowest BCUT2D eigenvalue weighted by molar-refractivity contribution is -0.140. The second kappa shape index (κ2) is 7.11. The first-order valence-electron chi connectivity index (χ1n) is 6.52. The number of nitrogens with zero attached hydrogens (tertiary/aromatic N) is 1. The molecule has 0 saturated carbocycles. The largest absolute Gasteiger partial charge is 0.384 e. The zero-order valence-electron chi connectivity index (χ0n) is 11.4. The van der Waals surface area contributed by atoms with Crippen molar-refractivity contribution in [1.82, 2.24) is 0 Å². The maximum Gasteiger partial charge on any atom is 0.349 e. The van der Waals surface area contributed by atoms with Crippen LogP contribution in [0, 0.1) is 0 Å². The van der Waals surface area contributed by atoms with Gasteiger partial charge in [0, 0.05) is 18.2 Å². The van der Waals surface area contributed by atoms with Crippen molar-refractivity contribution in [2.24, 2.45) is 10.9 Å². The molecular formula is C14H16Cl2N2O3. The lowest BCUT2D eigenvalue weighted by atomic mass is 9.73. The van der Waals surface area contributed by atoms with Gasteiger partial charge in [-0.3, -0.25) is 0 Å². The number of amidine groups is 1. The third-order valence-corrected chi connectivity index (χ3v) is 4.06. The van der Waals surface area contributed by atoms with Crippen molar-refractivity contribution in [1.29, 1.82) is 0 Å². The Morgan fingerprint density at radius 2 is 1.95 bits per heavy atom. The summed E-state index contributed by atoms with van der Waals surface area (Å²) in [6.07, 6.45) is 1.31. The molecule has 5 nitrogen and oxygen atoms in total. The minimum atomic E-state index is -0.641. The number of hydrogen-bond acceptors (Lipinski definition) is 4. The number of hydrogen-bond donors (Lipinski definition) is 1. The number of carbonyl (C=O) groups is 1. The number of carbonyl (C=O) groups excluding carboxylic acids is 1. The molecule has 1 aliphatic heterocycles. The van der Waals surface area contributed by atoms with Gasteiger partial charge in [0.25, 0.3) is 0 Å². The van der Waals surface area contributed by atoms with Crippen molar-refractivity contribution in [3.8, 4) is 0 Å². The van der Waals surface area contributed by atoms with E-state index in [1.807, 2.05) is 12.1 Å². The molecular weight excluding hydrogens is 315 g/mol. The van der Waals surface area contributed by atoms with Crippen LogP contribution in [0.3, 0.4) is 0 Å². The van der Waals surface area contributed by atoms with Gasteiger partial charge in [-0.05, 0) is 30.5 Å². The summed E-state index contributed by atoms with van der Waals surface area (Å²) in [5.41, 5.74) is 6.55. The molecule has 7 heteroatoms. The van der Waals surface area contributed by atoms with Gasteiger partial charge in [0.1, 0.15) is 5.88 Å². The van der Waals surface area contributed by atoms with Crippen LogP contribution in [0.25, 0.3) is 0 Å². The van der Waals surface area contributed by atoms with Crippen LogP contribution in [-0.4, -0.2) is 30.9 Å². The Bertz CT molecular complexity index is 526. The van der Waals surface area contributed by atoms with Crippen molar-refractivity contribution in [3.63, 3.8) is 0 Å². The molecule has 1 aromatic carbocycles. The molecule has 0 aliphatic carbocycles. The zero-order valence-corrected chi connectivity index (χ0v) is 12.9. The number of ether oxygens (including phenoxy) is 1. The molecule has 0 bridgehead atoms. The first kappa shape index (κ1) is 16.1. The quantitative estimate of drug-likeness (QED) is 0.302. The monoisotopic (exact) mass is 330 g/mol. The van der Waals surface area contributed by atoms with E-state index in [0.29, 0.717) is 31.1 Å². The van der Waals surface area contributed by atoms with Crippen molar-refractivity contribution in [3.05, 3.63) is 34.9 Å². The van der Waals surface area contributed by atoms with Gasteiger partial charge in [0.15, 0.2) is 5.84 Å². The van der Waals surface area contributed by atoms with Crippen molar-refractivity contribution < 1.29 is 14.4 Å². The number of alkyl halides is 1. The fourth-order valence-corrected chi connectivity index (χ4v) is 2.57. The van der Waals surface area contributed by atoms with Gasteiger partial charge in [0.2, 0.25) is 0 Å². The van der Waals surface area contributed by atoms with Gasteiger partial charge in [0.05, 0.1) is 5.41 Å². The summed E-state index contributed by atoms with van der Waals surface area (Å²) in [7, 11) is 0. The number of oxime groups is 1. The summed E-state index contributed by atoms with van der Waals surface area (Å²) in [4.78, 5) is 15.8. The van der Waals surface area contributed by atoms with Crippen LogP contribution >= 0.6 is 23.2 Å². The number of benzene rings is 1. The molecule has 0 amide bonds. The Morgan fingerprint density at radius 1 is 1.33 bits per heavy atom. The van der Waals surface area contributed by atoms with Gasteiger partial charge < -0.3 is 15.3 Å². The van der Waals surface area contributed by atoms with Crippen LogP contribution in [0.2, 0.25) is 5.02 Å². The summed E-state index contributed by atoms with van der Waals surface area (Å²) in [6, 6.07) is 7.40. The van der Waals surface area contributed by atoms with E-state index >= 15 is 0 Å². The van der Waals surface area contributed by atoms with E-state index in [2.05, 4.69) is 5.16 Å². The molecule has 1 aliphatic rings. The molecule has 0 aromatic heterocycles. The first-order chi connectivity index (χ1) is 10.1. The van der Waals surface area contributed by atoms with Crippen LogP contribution in [0.5, 0.6) is 0 Å². The van der Waals surface area contributed by atoms with Crippen LogP contribution in [0.4, 0.5) is 0 Å². The highest BCUT2D eigenvalue weighted by Crippen LogP contribution is 2.35. The molecule has 21 heavy (non-hydrogen) atoms. The van der Waals surface area contributed by atoms with Crippen LogP contribution < -0.4 is 5.73 Å². The van der Waals surface area contributed by atoms with Gasteiger partial charge in [-0.25, -0.2) is 4.79 Å². The van der Waals surface area contributed by atoms with E-state index in [-0.39, 0.29) is 11.7 Å². The SMILES string of the molecule is N/C(=N\OC(=O)CCl)C1(c2ccc(Cl)cc2)CCOCC1. The van der Waals surface area contributed by atoms with Crippen LogP contribution in [0.15, 0.2) is 29.4 Å². The van der Waals surface area contributed by atoms with E-state index in [1.54, 1.807) is 12.1 Å². The van der Waals surface area contributed by atoms with Gasteiger partial charge >= 0.3 is 5.97 Å². The third-order valence-electron chi connectivity index (χ3n) is 3.59. The average molecular weight is 331 g/mol. The van der Waals surface area contributed by atoms with Gasteiger partial charge in [-0.15, -0.1) is 11.6 Å². The maximum absolute atomic E-state index is 11.1. The van der Waals surface area contributed by atoms with Crippen molar-refractivity contribution >= 4 is 35.0 Å². The fraction of sp³-hybridized carbons (Fsp3) is 0.429. The summed E-state index contributed by atoms with van der Waals surface area (Å²) in [6.45, 7) is 1.12. The number of rotatable bonds is 4. The third kappa shape index (κ3) is 3.67. The van der Waals surface area contributed by atoms with Crippen molar-refractivity contribution in [2.45, 2.75) is 18.3 Å². The molecule has 1 heterocycles. The lowest BCUT2D eigenvalue weighted by Gasteiger charge is -2.36. The molecule has 0 radical (unpaired) electrons. The maximum atomic E-state index is 11.1. The minimum Gasteiger partial charge on any atom is -0.384 e. The second-order valence-corrected chi connectivity index (χ2v) is 5.48.